The number of benzene rings is 1. The molecule has 5 atom stereocenters. The van der Waals surface area contributed by atoms with E-state index in [4.69, 9.17) is 10.5 Å². The lowest BCUT2D eigenvalue weighted by Crippen LogP contribution is -2.45. The van der Waals surface area contributed by atoms with Crippen molar-refractivity contribution in [3.8, 4) is 0 Å². The maximum atomic E-state index is 14.6. The first-order chi connectivity index (χ1) is 11.9. The number of anilines is 2. The van der Waals surface area contributed by atoms with Crippen LogP contribution in [0.15, 0.2) is 18.2 Å². The van der Waals surface area contributed by atoms with Crippen molar-refractivity contribution in [1.82, 2.24) is 0 Å². The minimum absolute atomic E-state index is 0.171. The summed E-state index contributed by atoms with van der Waals surface area (Å²) in [5.41, 5.74) is 7.62. The van der Waals surface area contributed by atoms with Crippen molar-refractivity contribution in [2.75, 3.05) is 29.9 Å². The minimum atomic E-state index is -0.176. The third-order valence-corrected chi connectivity index (χ3v) is 5.66. The number of halogens is 1. The monoisotopic (exact) mass is 349 g/mol. The van der Waals surface area contributed by atoms with Crippen LogP contribution in [0.1, 0.15) is 40.0 Å². The molecule has 1 saturated carbocycles. The van der Waals surface area contributed by atoms with Gasteiger partial charge in [-0.15, -0.1) is 0 Å². The van der Waals surface area contributed by atoms with Crippen molar-refractivity contribution in [1.29, 1.82) is 0 Å². The zero-order valence-electron chi connectivity index (χ0n) is 15.7. The summed E-state index contributed by atoms with van der Waals surface area (Å²) in [5, 5.41) is 3.31. The molecule has 0 amide bonds. The number of rotatable bonds is 4. The molecule has 0 radical (unpaired) electrons. The number of hydrogen-bond acceptors (Lipinski definition) is 4. The summed E-state index contributed by atoms with van der Waals surface area (Å²) in [7, 11) is 0. The smallest absolute Gasteiger partial charge is 0.148 e. The van der Waals surface area contributed by atoms with E-state index in [0.717, 1.165) is 44.6 Å². The number of nitrogens with zero attached hydrogens (tertiary/aromatic N) is 1. The van der Waals surface area contributed by atoms with Gasteiger partial charge in [-0.3, -0.25) is 0 Å². The topological polar surface area (TPSA) is 50.5 Å². The van der Waals surface area contributed by atoms with Gasteiger partial charge in [0, 0.05) is 31.4 Å². The van der Waals surface area contributed by atoms with Crippen molar-refractivity contribution in [3.63, 3.8) is 0 Å². The molecule has 3 N–H and O–H groups in total. The van der Waals surface area contributed by atoms with Crippen molar-refractivity contribution < 1.29 is 9.13 Å². The highest BCUT2D eigenvalue weighted by atomic mass is 19.1. The predicted molar refractivity (Wildman–Crippen MR) is 102 cm³/mol. The highest BCUT2D eigenvalue weighted by Gasteiger charge is 2.25. The fourth-order valence-electron chi connectivity index (χ4n) is 4.20. The Balaban J connectivity index is 1.58. The number of hydrogen-bond donors (Lipinski definition) is 2. The van der Waals surface area contributed by atoms with Gasteiger partial charge in [0.05, 0.1) is 17.9 Å². The average molecular weight is 349 g/mol. The summed E-state index contributed by atoms with van der Waals surface area (Å²) in [6.07, 6.45) is 3.66. The minimum Gasteiger partial charge on any atom is -0.382 e. The molecule has 2 unspecified atom stereocenters. The van der Waals surface area contributed by atoms with Crippen LogP contribution < -0.4 is 16.0 Å². The van der Waals surface area contributed by atoms with Crippen LogP contribution in [0, 0.1) is 17.7 Å². The van der Waals surface area contributed by atoms with E-state index in [1.807, 2.05) is 12.1 Å². The lowest BCUT2D eigenvalue weighted by atomic mass is 9.79. The number of nitrogens with one attached hydrogen (secondary N) is 1. The van der Waals surface area contributed by atoms with E-state index < -0.39 is 0 Å². The van der Waals surface area contributed by atoms with E-state index in [9.17, 15) is 4.39 Å². The Morgan fingerprint density at radius 1 is 1.20 bits per heavy atom. The van der Waals surface area contributed by atoms with Crippen molar-refractivity contribution in [2.45, 2.75) is 58.3 Å². The Morgan fingerprint density at radius 3 is 2.56 bits per heavy atom. The highest BCUT2D eigenvalue weighted by Crippen LogP contribution is 2.29. The van der Waals surface area contributed by atoms with E-state index >= 15 is 0 Å². The fraction of sp³-hybridized carbons (Fsp3) is 0.700. The van der Waals surface area contributed by atoms with Crippen molar-refractivity contribution >= 4 is 11.4 Å². The van der Waals surface area contributed by atoms with Crippen LogP contribution in [-0.2, 0) is 4.74 Å². The normalized spacial score (nSPS) is 33.3. The Bertz CT molecular complexity index is 572. The summed E-state index contributed by atoms with van der Waals surface area (Å²) in [6, 6.07) is 5.85. The molecular formula is C20H32FN3O. The summed E-state index contributed by atoms with van der Waals surface area (Å²) in [6.45, 7) is 8.76. The Kier molecular flexibility index (Phi) is 5.85. The molecule has 0 bridgehead atoms. The van der Waals surface area contributed by atoms with Crippen LogP contribution in [0.3, 0.4) is 0 Å². The second-order valence-electron chi connectivity index (χ2n) is 8.03. The van der Waals surface area contributed by atoms with E-state index in [-0.39, 0.29) is 18.0 Å². The number of morpholine rings is 1. The quantitative estimate of drug-likeness (QED) is 0.872. The fourth-order valence-corrected chi connectivity index (χ4v) is 4.20. The molecule has 0 spiro atoms. The van der Waals surface area contributed by atoms with E-state index in [1.165, 1.54) is 0 Å². The van der Waals surface area contributed by atoms with Gasteiger partial charge in [-0.25, -0.2) is 4.39 Å². The summed E-state index contributed by atoms with van der Waals surface area (Å²) in [4.78, 5) is 2.20. The lowest BCUT2D eigenvalue weighted by molar-refractivity contribution is -0.00523. The second-order valence-corrected chi connectivity index (χ2v) is 8.03. The molecule has 1 aliphatic carbocycles. The molecule has 1 aliphatic heterocycles. The Labute approximate surface area is 150 Å². The molecule has 0 aromatic heterocycles. The molecule has 2 fully saturated rings. The van der Waals surface area contributed by atoms with Gasteiger partial charge >= 0.3 is 0 Å². The summed E-state index contributed by atoms with van der Waals surface area (Å²) in [5.74, 6) is 0.956. The molecule has 3 rings (SSSR count). The van der Waals surface area contributed by atoms with Gasteiger partial charge in [0.25, 0.3) is 0 Å². The second kappa shape index (κ2) is 7.92. The van der Waals surface area contributed by atoms with Gasteiger partial charge in [0.1, 0.15) is 5.82 Å². The SMILES string of the molecule is CC1CC(CNc2ccc(N3C[C@@H](C)O[C@@H](C)C3)cc2F)CC[C@H]1N. The maximum absolute atomic E-state index is 14.6. The largest absolute Gasteiger partial charge is 0.382 e. The van der Waals surface area contributed by atoms with E-state index in [1.54, 1.807) is 6.07 Å². The zero-order valence-corrected chi connectivity index (χ0v) is 15.7. The molecule has 1 heterocycles. The van der Waals surface area contributed by atoms with Crippen LogP contribution in [0.5, 0.6) is 0 Å². The van der Waals surface area contributed by atoms with Crippen LogP contribution in [0.4, 0.5) is 15.8 Å². The molecule has 1 saturated heterocycles. The van der Waals surface area contributed by atoms with Gasteiger partial charge in [-0.2, -0.15) is 0 Å². The van der Waals surface area contributed by atoms with Gasteiger partial charge in [0.2, 0.25) is 0 Å². The predicted octanol–water partition coefficient (Wildman–Crippen LogP) is 3.61. The maximum Gasteiger partial charge on any atom is 0.148 e. The molecule has 1 aromatic rings. The van der Waals surface area contributed by atoms with Gasteiger partial charge < -0.3 is 20.7 Å². The molecule has 4 nitrogen and oxygen atoms in total. The van der Waals surface area contributed by atoms with E-state index in [0.29, 0.717) is 23.6 Å². The first-order valence-electron chi connectivity index (χ1n) is 9.61. The van der Waals surface area contributed by atoms with Crippen molar-refractivity contribution in [3.05, 3.63) is 24.0 Å². The molecule has 2 aliphatic rings. The summed E-state index contributed by atoms with van der Waals surface area (Å²) >= 11 is 0. The number of ether oxygens (including phenoxy) is 1. The van der Waals surface area contributed by atoms with Crippen LogP contribution in [-0.4, -0.2) is 37.9 Å². The van der Waals surface area contributed by atoms with Crippen LogP contribution >= 0.6 is 0 Å². The van der Waals surface area contributed by atoms with E-state index in [2.05, 4.69) is 31.0 Å². The zero-order chi connectivity index (χ0) is 18.0. The molecule has 25 heavy (non-hydrogen) atoms. The van der Waals surface area contributed by atoms with Crippen molar-refractivity contribution in [2.24, 2.45) is 17.6 Å². The highest BCUT2D eigenvalue weighted by molar-refractivity contribution is 5.56. The third kappa shape index (κ3) is 4.64. The lowest BCUT2D eigenvalue weighted by Gasteiger charge is -2.37. The third-order valence-electron chi connectivity index (χ3n) is 5.66. The molecular weight excluding hydrogens is 317 g/mol. The van der Waals surface area contributed by atoms with Gasteiger partial charge in [-0.1, -0.05) is 6.92 Å². The van der Waals surface area contributed by atoms with Gasteiger partial charge in [0.15, 0.2) is 0 Å². The Hall–Kier alpha value is -1.33. The first-order valence-corrected chi connectivity index (χ1v) is 9.61. The standard InChI is InChI=1S/C20H32FN3O/c1-13-8-16(4-6-19(13)22)10-23-20-7-5-17(9-18(20)21)24-11-14(2)25-15(3)12-24/h5,7,9,13-16,19,23H,4,6,8,10-12,22H2,1-3H3/t13?,14-,15+,16?,19-/m1/s1. The van der Waals surface area contributed by atoms with Crippen LogP contribution in [0.2, 0.25) is 0 Å². The van der Waals surface area contributed by atoms with Crippen LogP contribution in [0.25, 0.3) is 0 Å². The molecule has 140 valence electrons. The Morgan fingerprint density at radius 2 is 1.92 bits per heavy atom. The first kappa shape index (κ1) is 18.5. The molecule has 1 aromatic carbocycles. The molecule has 5 heteroatoms. The summed E-state index contributed by atoms with van der Waals surface area (Å²) < 4.78 is 20.3. The van der Waals surface area contributed by atoms with Gasteiger partial charge in [-0.05, 0) is 63.1 Å². The average Bonchev–Trinajstić information content (AvgIpc) is 2.56. The number of nitrogens with two attached hydrogens (primary N) is 1.